The van der Waals surface area contributed by atoms with Crippen molar-refractivity contribution >= 4 is 33.3 Å². The Balaban J connectivity index is 1.51. The highest BCUT2D eigenvalue weighted by Crippen LogP contribution is 2.28. The number of carbonyl (C=O) groups is 1. The maximum absolute atomic E-state index is 13.2. The molecule has 0 bridgehead atoms. The Hall–Kier alpha value is -3.90. The van der Waals surface area contributed by atoms with Gasteiger partial charge in [-0.1, -0.05) is 48.5 Å². The zero-order valence-corrected chi connectivity index (χ0v) is 16.6. The van der Waals surface area contributed by atoms with Crippen LogP contribution in [0.3, 0.4) is 0 Å². The van der Waals surface area contributed by atoms with Crippen molar-refractivity contribution in [3.63, 3.8) is 0 Å². The summed E-state index contributed by atoms with van der Waals surface area (Å²) in [5, 5.41) is 6.22. The number of para-hydroxylation sites is 1. The van der Waals surface area contributed by atoms with E-state index in [1.54, 1.807) is 12.4 Å². The van der Waals surface area contributed by atoms with Crippen LogP contribution in [0.25, 0.3) is 33.4 Å². The normalized spacial score (nSPS) is 10.8. The molecule has 0 aliphatic rings. The Kier molecular flexibility index (Phi) is 4.75. The second kappa shape index (κ2) is 7.85. The number of nitrogens with zero attached hydrogens (tertiary/aromatic N) is 3. The molecule has 0 aliphatic carbocycles. The molecule has 30 heavy (non-hydrogen) atoms. The molecule has 5 nitrogen and oxygen atoms in total. The predicted molar refractivity (Wildman–Crippen MR) is 120 cm³/mol. The third-order valence-electron chi connectivity index (χ3n) is 4.73. The van der Waals surface area contributed by atoms with E-state index in [1.807, 2.05) is 78.2 Å². The minimum Gasteiger partial charge on any atom is -0.298 e. The fourth-order valence-corrected chi connectivity index (χ4v) is 3.99. The molecule has 0 spiro atoms. The summed E-state index contributed by atoms with van der Waals surface area (Å²) in [6.07, 6.45) is 3.45. The van der Waals surface area contributed by atoms with Crippen LogP contribution in [-0.4, -0.2) is 20.9 Å². The van der Waals surface area contributed by atoms with Gasteiger partial charge in [0.1, 0.15) is 0 Å². The van der Waals surface area contributed by atoms with Crippen molar-refractivity contribution in [2.24, 2.45) is 0 Å². The standard InChI is InChI=1S/C24H16N4OS/c29-23(28-24-27-22(15-30-24)17-10-12-25-13-11-17)19-14-21(16-6-2-1-3-7-16)26-20-9-5-4-8-18(19)20/h1-15H,(H,27,28,29). The van der Waals surface area contributed by atoms with E-state index in [-0.39, 0.29) is 5.91 Å². The van der Waals surface area contributed by atoms with E-state index in [0.29, 0.717) is 10.7 Å². The van der Waals surface area contributed by atoms with Crippen LogP contribution in [-0.2, 0) is 0 Å². The lowest BCUT2D eigenvalue weighted by Gasteiger charge is -2.09. The van der Waals surface area contributed by atoms with Crippen molar-refractivity contribution in [1.82, 2.24) is 15.0 Å². The third kappa shape index (κ3) is 3.56. The number of hydrogen-bond acceptors (Lipinski definition) is 5. The van der Waals surface area contributed by atoms with Crippen molar-refractivity contribution in [1.29, 1.82) is 0 Å². The second-order valence-corrected chi connectivity index (χ2v) is 7.52. The first-order valence-corrected chi connectivity index (χ1v) is 10.3. The van der Waals surface area contributed by atoms with Crippen molar-refractivity contribution in [3.8, 4) is 22.5 Å². The fourth-order valence-electron chi connectivity index (χ4n) is 3.27. The summed E-state index contributed by atoms with van der Waals surface area (Å²) >= 11 is 1.39. The fraction of sp³-hybridized carbons (Fsp3) is 0. The molecule has 1 amide bonds. The minimum absolute atomic E-state index is 0.207. The number of benzene rings is 2. The maximum Gasteiger partial charge on any atom is 0.258 e. The second-order valence-electron chi connectivity index (χ2n) is 6.67. The number of thiazole rings is 1. The number of carbonyl (C=O) groups excluding carboxylic acids is 1. The Bertz CT molecular complexity index is 1330. The zero-order chi connectivity index (χ0) is 20.3. The van der Waals surface area contributed by atoms with Crippen molar-refractivity contribution in [3.05, 3.63) is 96.1 Å². The van der Waals surface area contributed by atoms with E-state index in [2.05, 4.69) is 15.3 Å². The maximum atomic E-state index is 13.2. The van der Waals surface area contributed by atoms with E-state index in [1.165, 1.54) is 11.3 Å². The number of rotatable bonds is 4. The van der Waals surface area contributed by atoms with E-state index >= 15 is 0 Å². The zero-order valence-electron chi connectivity index (χ0n) is 15.8. The van der Waals surface area contributed by atoms with Crippen molar-refractivity contribution in [2.75, 3.05) is 5.32 Å². The van der Waals surface area contributed by atoms with Gasteiger partial charge in [0.2, 0.25) is 0 Å². The molecule has 3 heterocycles. The number of aromatic nitrogens is 3. The summed E-state index contributed by atoms with van der Waals surface area (Å²) in [5.41, 5.74) is 4.84. The lowest BCUT2D eigenvalue weighted by molar-refractivity contribution is 0.102. The number of anilines is 1. The van der Waals surface area contributed by atoms with Gasteiger partial charge in [0.15, 0.2) is 5.13 Å². The molecule has 1 N–H and O–H groups in total. The molecule has 0 fully saturated rings. The minimum atomic E-state index is -0.207. The van der Waals surface area contributed by atoms with Gasteiger partial charge in [-0.25, -0.2) is 9.97 Å². The van der Waals surface area contributed by atoms with Gasteiger partial charge in [-0.2, -0.15) is 0 Å². The highest BCUT2D eigenvalue weighted by molar-refractivity contribution is 7.14. The van der Waals surface area contributed by atoms with Crippen LogP contribution in [0, 0.1) is 0 Å². The predicted octanol–water partition coefficient (Wildman–Crippen LogP) is 5.67. The summed E-state index contributed by atoms with van der Waals surface area (Å²) in [6.45, 7) is 0. The number of pyridine rings is 2. The summed E-state index contributed by atoms with van der Waals surface area (Å²) in [7, 11) is 0. The summed E-state index contributed by atoms with van der Waals surface area (Å²) in [5.74, 6) is -0.207. The molecule has 5 rings (SSSR count). The molecular formula is C24H16N4OS. The van der Waals surface area contributed by atoms with Gasteiger partial charge in [0.25, 0.3) is 5.91 Å². The van der Waals surface area contributed by atoms with Crippen molar-refractivity contribution in [2.45, 2.75) is 0 Å². The molecular weight excluding hydrogens is 392 g/mol. The monoisotopic (exact) mass is 408 g/mol. The van der Waals surface area contributed by atoms with E-state index in [4.69, 9.17) is 4.98 Å². The van der Waals surface area contributed by atoms with Crippen molar-refractivity contribution < 1.29 is 4.79 Å². The molecule has 0 saturated carbocycles. The van der Waals surface area contributed by atoms with Gasteiger partial charge in [-0.3, -0.25) is 15.1 Å². The van der Waals surface area contributed by atoms with E-state index in [9.17, 15) is 4.79 Å². The van der Waals surface area contributed by atoms with E-state index in [0.717, 1.165) is 33.4 Å². The first-order valence-electron chi connectivity index (χ1n) is 9.40. The molecule has 0 atom stereocenters. The smallest absolute Gasteiger partial charge is 0.258 e. The van der Waals surface area contributed by atoms with Crippen LogP contribution in [0.15, 0.2) is 90.6 Å². The van der Waals surface area contributed by atoms with Crippen LogP contribution >= 0.6 is 11.3 Å². The Morgan fingerprint density at radius 3 is 2.37 bits per heavy atom. The Morgan fingerprint density at radius 1 is 0.800 bits per heavy atom. The molecule has 6 heteroatoms. The van der Waals surface area contributed by atoms with Gasteiger partial charge in [-0.15, -0.1) is 11.3 Å². The first kappa shape index (κ1) is 18.1. The van der Waals surface area contributed by atoms with Crippen LogP contribution in [0.2, 0.25) is 0 Å². The molecule has 5 aromatic rings. The van der Waals surface area contributed by atoms with Gasteiger partial charge in [-0.05, 0) is 24.3 Å². The topological polar surface area (TPSA) is 67.8 Å². The molecule has 0 radical (unpaired) electrons. The average molecular weight is 408 g/mol. The van der Waals surface area contributed by atoms with Gasteiger partial charge in [0.05, 0.1) is 22.5 Å². The Labute approximate surface area is 177 Å². The van der Waals surface area contributed by atoms with Gasteiger partial charge in [0, 0.05) is 34.3 Å². The highest BCUT2D eigenvalue weighted by Gasteiger charge is 2.15. The number of nitrogens with one attached hydrogen (secondary N) is 1. The highest BCUT2D eigenvalue weighted by atomic mass is 32.1. The number of amides is 1. The van der Waals surface area contributed by atoms with Crippen LogP contribution < -0.4 is 5.32 Å². The van der Waals surface area contributed by atoms with Crippen LogP contribution in [0.1, 0.15) is 10.4 Å². The lowest BCUT2D eigenvalue weighted by atomic mass is 10.0. The quantitative estimate of drug-likeness (QED) is 0.416. The molecule has 144 valence electrons. The van der Waals surface area contributed by atoms with Crippen LogP contribution in [0.5, 0.6) is 0 Å². The molecule has 2 aromatic carbocycles. The molecule has 0 aliphatic heterocycles. The summed E-state index contributed by atoms with van der Waals surface area (Å²) < 4.78 is 0. The van der Waals surface area contributed by atoms with Gasteiger partial charge >= 0.3 is 0 Å². The SMILES string of the molecule is O=C(Nc1nc(-c2ccncc2)cs1)c1cc(-c2ccccc2)nc2ccccc12. The number of hydrogen-bond donors (Lipinski definition) is 1. The average Bonchev–Trinajstić information content (AvgIpc) is 3.28. The first-order chi connectivity index (χ1) is 14.8. The van der Waals surface area contributed by atoms with E-state index < -0.39 is 0 Å². The lowest BCUT2D eigenvalue weighted by Crippen LogP contribution is -2.13. The molecule has 0 unspecified atom stereocenters. The third-order valence-corrected chi connectivity index (χ3v) is 5.49. The largest absolute Gasteiger partial charge is 0.298 e. The van der Waals surface area contributed by atoms with Gasteiger partial charge < -0.3 is 0 Å². The number of fused-ring (bicyclic) bond motifs is 1. The molecule has 3 aromatic heterocycles. The summed E-state index contributed by atoms with van der Waals surface area (Å²) in [4.78, 5) is 26.5. The summed E-state index contributed by atoms with van der Waals surface area (Å²) in [6, 6.07) is 23.1. The van der Waals surface area contributed by atoms with Crippen LogP contribution in [0.4, 0.5) is 5.13 Å². The Morgan fingerprint density at radius 2 is 1.53 bits per heavy atom. The molecule has 0 saturated heterocycles.